The van der Waals surface area contributed by atoms with Crippen LogP contribution < -0.4 is 9.47 Å². The quantitative estimate of drug-likeness (QED) is 0.391. The monoisotopic (exact) mass is 353 g/mol. The molecule has 0 amide bonds. The Balaban J connectivity index is 1.97. The van der Waals surface area contributed by atoms with Crippen molar-refractivity contribution in [2.24, 2.45) is 4.99 Å². The Morgan fingerprint density at radius 2 is 1.88 bits per heavy atom. The van der Waals surface area contributed by atoms with Crippen molar-refractivity contribution in [2.75, 3.05) is 13.9 Å². The molecule has 0 bridgehead atoms. The molecule has 0 saturated heterocycles. The SMILES string of the molecule is COC(=O)C(C=Nc1ccc2c(c1)OCO2)=C(O)c1ccc(C)c(C)c1. The van der Waals surface area contributed by atoms with Crippen molar-refractivity contribution >= 4 is 23.6 Å². The highest BCUT2D eigenvalue weighted by atomic mass is 16.7. The average Bonchev–Trinajstić information content (AvgIpc) is 3.11. The van der Waals surface area contributed by atoms with E-state index in [0.717, 1.165) is 11.1 Å². The lowest BCUT2D eigenvalue weighted by atomic mass is 10.0. The topological polar surface area (TPSA) is 77.4 Å². The number of hydrogen-bond acceptors (Lipinski definition) is 6. The second kappa shape index (κ2) is 7.31. The van der Waals surface area contributed by atoms with Crippen LogP contribution in [0.3, 0.4) is 0 Å². The third-order valence-electron chi connectivity index (χ3n) is 4.14. The molecule has 0 fully saturated rings. The normalized spacial score (nSPS) is 13.7. The van der Waals surface area contributed by atoms with Crippen LogP contribution in [0.2, 0.25) is 0 Å². The van der Waals surface area contributed by atoms with Gasteiger partial charge in [0, 0.05) is 17.8 Å². The smallest absolute Gasteiger partial charge is 0.343 e. The van der Waals surface area contributed by atoms with Gasteiger partial charge in [-0.1, -0.05) is 12.1 Å². The second-order valence-electron chi connectivity index (χ2n) is 5.85. The van der Waals surface area contributed by atoms with Crippen LogP contribution in [0.15, 0.2) is 47.0 Å². The van der Waals surface area contributed by atoms with Gasteiger partial charge in [0.1, 0.15) is 11.3 Å². The van der Waals surface area contributed by atoms with Crippen LogP contribution in [0.4, 0.5) is 5.69 Å². The number of nitrogens with zero attached hydrogens (tertiary/aromatic N) is 1. The summed E-state index contributed by atoms with van der Waals surface area (Å²) >= 11 is 0. The Morgan fingerprint density at radius 3 is 2.62 bits per heavy atom. The summed E-state index contributed by atoms with van der Waals surface area (Å²) in [6.07, 6.45) is 1.29. The van der Waals surface area contributed by atoms with Crippen molar-refractivity contribution in [3.05, 3.63) is 58.7 Å². The highest BCUT2D eigenvalue weighted by Crippen LogP contribution is 2.35. The number of aliphatic hydroxyl groups excluding tert-OH is 1. The summed E-state index contributed by atoms with van der Waals surface area (Å²) in [5.74, 6) is 0.363. The zero-order valence-electron chi connectivity index (χ0n) is 14.8. The number of aliphatic imine (C=N–C) groups is 1. The van der Waals surface area contributed by atoms with Crippen LogP contribution >= 0.6 is 0 Å². The van der Waals surface area contributed by atoms with Crippen molar-refractivity contribution in [2.45, 2.75) is 13.8 Å². The van der Waals surface area contributed by atoms with E-state index < -0.39 is 5.97 Å². The van der Waals surface area contributed by atoms with E-state index in [2.05, 4.69) is 4.99 Å². The van der Waals surface area contributed by atoms with Gasteiger partial charge in [0.15, 0.2) is 11.5 Å². The fourth-order valence-corrected chi connectivity index (χ4v) is 2.47. The average molecular weight is 353 g/mol. The first-order valence-corrected chi connectivity index (χ1v) is 8.02. The number of esters is 1. The lowest BCUT2D eigenvalue weighted by molar-refractivity contribution is -0.135. The van der Waals surface area contributed by atoms with Crippen molar-refractivity contribution in [1.29, 1.82) is 0 Å². The summed E-state index contributed by atoms with van der Waals surface area (Å²) in [7, 11) is 1.25. The van der Waals surface area contributed by atoms with E-state index in [-0.39, 0.29) is 18.1 Å². The molecular formula is C20H19NO5. The van der Waals surface area contributed by atoms with E-state index in [0.29, 0.717) is 22.7 Å². The third-order valence-corrected chi connectivity index (χ3v) is 4.14. The Bertz CT molecular complexity index is 914. The predicted octanol–water partition coefficient (Wildman–Crippen LogP) is 3.88. The molecule has 1 N–H and O–H groups in total. The van der Waals surface area contributed by atoms with Crippen molar-refractivity contribution in [3.63, 3.8) is 0 Å². The minimum Gasteiger partial charge on any atom is -0.506 e. The van der Waals surface area contributed by atoms with Crippen molar-refractivity contribution in [1.82, 2.24) is 0 Å². The summed E-state index contributed by atoms with van der Waals surface area (Å²) in [6, 6.07) is 10.6. The maximum atomic E-state index is 12.1. The fraction of sp³-hybridized carbons (Fsp3) is 0.200. The predicted molar refractivity (Wildman–Crippen MR) is 98.2 cm³/mol. The minimum atomic E-state index is -0.676. The van der Waals surface area contributed by atoms with Gasteiger partial charge in [0.2, 0.25) is 6.79 Å². The Hall–Kier alpha value is -3.28. The highest BCUT2D eigenvalue weighted by molar-refractivity contribution is 6.15. The van der Waals surface area contributed by atoms with Crippen LogP contribution in [0, 0.1) is 13.8 Å². The number of ether oxygens (including phenoxy) is 3. The molecule has 1 heterocycles. The molecule has 3 rings (SSSR count). The summed E-state index contributed by atoms with van der Waals surface area (Å²) in [5.41, 5.74) is 3.14. The first kappa shape index (κ1) is 17.5. The third kappa shape index (κ3) is 3.54. The first-order chi connectivity index (χ1) is 12.5. The molecule has 1 aliphatic rings. The van der Waals surface area contributed by atoms with E-state index in [1.54, 1.807) is 24.3 Å². The van der Waals surface area contributed by atoms with E-state index in [4.69, 9.17) is 14.2 Å². The first-order valence-electron chi connectivity index (χ1n) is 8.02. The standard InChI is InChI=1S/C20H19NO5/c1-12-4-5-14(8-13(12)2)19(22)16(20(23)24-3)10-21-15-6-7-17-18(9-15)26-11-25-17/h4-10,22H,11H2,1-3H3. The molecule has 0 aromatic heterocycles. The molecule has 0 aliphatic carbocycles. The summed E-state index contributed by atoms with van der Waals surface area (Å²) < 4.78 is 15.3. The summed E-state index contributed by atoms with van der Waals surface area (Å²) in [6.45, 7) is 4.08. The van der Waals surface area contributed by atoms with Gasteiger partial charge in [-0.05, 0) is 43.2 Å². The fourth-order valence-electron chi connectivity index (χ4n) is 2.47. The van der Waals surface area contributed by atoms with Crippen LogP contribution in [0.5, 0.6) is 11.5 Å². The van der Waals surface area contributed by atoms with E-state index in [1.165, 1.54) is 13.3 Å². The molecule has 2 aromatic rings. The number of fused-ring (bicyclic) bond motifs is 1. The van der Waals surface area contributed by atoms with Crippen molar-refractivity contribution < 1.29 is 24.1 Å². The largest absolute Gasteiger partial charge is 0.506 e. The molecule has 134 valence electrons. The van der Waals surface area contributed by atoms with Gasteiger partial charge in [-0.25, -0.2) is 4.79 Å². The van der Waals surface area contributed by atoms with Crippen molar-refractivity contribution in [3.8, 4) is 11.5 Å². The Kier molecular flexibility index (Phi) is 4.93. The number of methoxy groups -OCH3 is 1. The molecule has 6 heteroatoms. The van der Waals surface area contributed by atoms with Gasteiger partial charge >= 0.3 is 5.97 Å². The molecule has 0 unspecified atom stereocenters. The number of rotatable bonds is 4. The number of aryl methyl sites for hydroxylation is 2. The number of aliphatic hydroxyl groups is 1. The van der Waals surface area contributed by atoms with Gasteiger partial charge in [-0.2, -0.15) is 0 Å². The molecule has 0 saturated carbocycles. The van der Waals surface area contributed by atoms with Crippen LogP contribution in [0.1, 0.15) is 16.7 Å². The maximum absolute atomic E-state index is 12.1. The zero-order chi connectivity index (χ0) is 18.7. The Morgan fingerprint density at radius 1 is 1.12 bits per heavy atom. The van der Waals surface area contributed by atoms with Gasteiger partial charge in [-0.3, -0.25) is 4.99 Å². The van der Waals surface area contributed by atoms with Crippen LogP contribution in [0.25, 0.3) is 5.76 Å². The van der Waals surface area contributed by atoms with Gasteiger partial charge in [-0.15, -0.1) is 0 Å². The Labute approximate surface area is 151 Å². The number of hydrogen-bond donors (Lipinski definition) is 1. The maximum Gasteiger partial charge on any atom is 0.343 e. The number of benzene rings is 2. The van der Waals surface area contributed by atoms with Gasteiger partial charge < -0.3 is 19.3 Å². The van der Waals surface area contributed by atoms with Crippen LogP contribution in [-0.4, -0.2) is 31.2 Å². The minimum absolute atomic E-state index is 0.0339. The van der Waals surface area contributed by atoms with Gasteiger partial charge in [0.25, 0.3) is 0 Å². The molecule has 0 atom stereocenters. The number of carbonyl (C=O) groups excluding carboxylic acids is 1. The molecule has 2 aromatic carbocycles. The lowest BCUT2D eigenvalue weighted by Crippen LogP contribution is -2.09. The molecule has 6 nitrogen and oxygen atoms in total. The van der Waals surface area contributed by atoms with E-state index >= 15 is 0 Å². The number of carbonyl (C=O) groups is 1. The lowest BCUT2D eigenvalue weighted by Gasteiger charge is -2.08. The highest BCUT2D eigenvalue weighted by Gasteiger charge is 2.17. The summed E-state index contributed by atoms with van der Waals surface area (Å²) in [4.78, 5) is 16.4. The second-order valence-corrected chi connectivity index (χ2v) is 5.85. The van der Waals surface area contributed by atoms with Gasteiger partial charge in [0.05, 0.1) is 12.8 Å². The zero-order valence-corrected chi connectivity index (χ0v) is 14.8. The summed E-state index contributed by atoms with van der Waals surface area (Å²) in [5, 5.41) is 10.6. The molecule has 0 radical (unpaired) electrons. The van der Waals surface area contributed by atoms with Crippen LogP contribution in [-0.2, 0) is 9.53 Å². The molecule has 0 spiro atoms. The molecule has 26 heavy (non-hydrogen) atoms. The van der Waals surface area contributed by atoms with E-state index in [9.17, 15) is 9.90 Å². The van der Waals surface area contributed by atoms with E-state index in [1.807, 2.05) is 26.0 Å². The molecule has 1 aliphatic heterocycles. The molecular weight excluding hydrogens is 334 g/mol.